The van der Waals surface area contributed by atoms with Crippen molar-refractivity contribution in [3.05, 3.63) is 117 Å². The summed E-state index contributed by atoms with van der Waals surface area (Å²) in [5.74, 6) is -0.505. The minimum Gasteiger partial charge on any atom is -0.493 e. The molecule has 8 rings (SSSR count). The Kier molecular flexibility index (Phi) is 14.8. The van der Waals surface area contributed by atoms with Crippen LogP contribution >= 0.6 is 11.6 Å². The lowest BCUT2D eigenvalue weighted by atomic mass is 9.84. The van der Waals surface area contributed by atoms with E-state index in [0.717, 1.165) is 53.0 Å². The van der Waals surface area contributed by atoms with Gasteiger partial charge in [0.2, 0.25) is 23.6 Å². The summed E-state index contributed by atoms with van der Waals surface area (Å²) in [7, 11) is 5.32. The van der Waals surface area contributed by atoms with Crippen molar-refractivity contribution in [1.29, 1.82) is 0 Å². The molecule has 1 saturated heterocycles. The molecule has 3 heterocycles. The molecule has 0 spiro atoms. The highest BCUT2D eigenvalue weighted by Crippen LogP contribution is 2.44. The molecule has 2 fully saturated rings. The smallest absolute Gasteiger partial charge is 0.329 e. The zero-order valence-corrected chi connectivity index (χ0v) is 40.7. The van der Waals surface area contributed by atoms with Crippen molar-refractivity contribution in [3.8, 4) is 11.5 Å². The highest BCUT2D eigenvalue weighted by atomic mass is 35.5. The van der Waals surface area contributed by atoms with Crippen LogP contribution in [-0.4, -0.2) is 88.1 Å². The first-order valence-corrected chi connectivity index (χ1v) is 24.3. The number of carboxylic acids is 1. The van der Waals surface area contributed by atoms with Crippen molar-refractivity contribution in [3.63, 3.8) is 0 Å². The third-order valence-electron chi connectivity index (χ3n) is 13.9. The number of hydrogen-bond acceptors (Lipinski definition) is 9. The number of aliphatic carboxylic acids is 1. The molecule has 1 aliphatic carbocycles. The first-order valence-electron chi connectivity index (χ1n) is 23.9. The summed E-state index contributed by atoms with van der Waals surface area (Å²) in [5.41, 5.74) is 6.47. The molecule has 364 valence electrons. The lowest BCUT2D eigenvalue weighted by Crippen LogP contribution is -2.45. The van der Waals surface area contributed by atoms with Gasteiger partial charge in [0.05, 0.1) is 36.7 Å². The SMILES string of the molecule is COc1cc2c(cc1OC(C)C)[C@H](c1ccc(Cl)cc1)N(c1ccc(N(C)CC3CCC(N(CC(=O)O)C(=O)CCCCc4ccc5c(c4)n(C)c(=O)n5C4CCC(=O)NC4=O)CC3)cc1)C(=O)C2. The Labute approximate surface area is 406 Å². The number of nitrogens with zero attached hydrogens (tertiary/aromatic N) is 5. The molecule has 2 atom stereocenters. The Morgan fingerprint density at radius 2 is 1.61 bits per heavy atom. The largest absolute Gasteiger partial charge is 0.493 e. The maximum Gasteiger partial charge on any atom is 0.329 e. The summed E-state index contributed by atoms with van der Waals surface area (Å²) in [6.07, 6.45) is 5.84. The maximum absolute atomic E-state index is 14.1. The number of benzene rings is 4. The van der Waals surface area contributed by atoms with Gasteiger partial charge in [0.15, 0.2) is 11.5 Å². The predicted octanol–water partition coefficient (Wildman–Crippen LogP) is 7.77. The van der Waals surface area contributed by atoms with Gasteiger partial charge in [0.1, 0.15) is 12.6 Å². The minimum atomic E-state index is -1.03. The second kappa shape index (κ2) is 20.9. The van der Waals surface area contributed by atoms with Crippen LogP contribution in [0.15, 0.2) is 83.7 Å². The van der Waals surface area contributed by atoms with Crippen molar-refractivity contribution < 1.29 is 38.6 Å². The van der Waals surface area contributed by atoms with E-state index in [1.165, 1.54) is 9.13 Å². The molecule has 0 bridgehead atoms. The number of aryl methyl sites for hydroxylation is 2. The fourth-order valence-electron chi connectivity index (χ4n) is 10.4. The second-order valence-electron chi connectivity index (χ2n) is 19.0. The van der Waals surface area contributed by atoms with Gasteiger partial charge in [0, 0.05) is 55.9 Å². The number of ether oxygens (including phenoxy) is 2. The van der Waals surface area contributed by atoms with E-state index in [4.69, 9.17) is 21.1 Å². The summed E-state index contributed by atoms with van der Waals surface area (Å²) >= 11 is 6.32. The van der Waals surface area contributed by atoms with Crippen molar-refractivity contribution in [2.45, 2.75) is 109 Å². The molecule has 5 aromatic rings. The first kappa shape index (κ1) is 48.8. The summed E-state index contributed by atoms with van der Waals surface area (Å²) in [4.78, 5) is 82.8. The van der Waals surface area contributed by atoms with Crippen LogP contribution in [0.3, 0.4) is 0 Å². The number of carbonyl (C=O) groups excluding carboxylic acids is 4. The van der Waals surface area contributed by atoms with Crippen molar-refractivity contribution in [2.75, 3.05) is 37.0 Å². The molecule has 1 saturated carbocycles. The normalized spacial score (nSPS) is 19.3. The van der Waals surface area contributed by atoms with Gasteiger partial charge in [-0.25, -0.2) is 4.79 Å². The number of rotatable bonds is 17. The van der Waals surface area contributed by atoms with Gasteiger partial charge in [-0.2, -0.15) is 0 Å². The molecule has 3 aliphatic rings. The quantitative estimate of drug-likeness (QED) is 0.0693. The molecule has 0 radical (unpaired) electrons. The molecule has 16 heteroatoms. The van der Waals surface area contributed by atoms with Gasteiger partial charge in [0.25, 0.3) is 0 Å². The highest BCUT2D eigenvalue weighted by molar-refractivity contribution is 6.30. The number of nitrogens with one attached hydrogen (secondary N) is 1. The van der Waals surface area contributed by atoms with Crippen molar-refractivity contribution in [2.24, 2.45) is 13.0 Å². The Morgan fingerprint density at radius 3 is 2.28 bits per heavy atom. The van der Waals surface area contributed by atoms with Crippen LogP contribution < -0.4 is 30.3 Å². The third-order valence-corrected chi connectivity index (χ3v) is 14.2. The number of piperidine rings is 1. The fourth-order valence-corrected chi connectivity index (χ4v) is 10.6. The lowest BCUT2D eigenvalue weighted by molar-refractivity contribution is -0.147. The molecule has 2 N–H and O–H groups in total. The number of fused-ring (bicyclic) bond motifs is 2. The molecule has 4 amide bonds. The van der Waals surface area contributed by atoms with Crippen LogP contribution in [0.2, 0.25) is 5.02 Å². The summed E-state index contributed by atoms with van der Waals surface area (Å²) in [6, 6.07) is 23.9. The first-order chi connectivity index (χ1) is 33.1. The maximum atomic E-state index is 14.1. The number of carbonyl (C=O) groups is 5. The Morgan fingerprint density at radius 1 is 0.884 bits per heavy atom. The minimum absolute atomic E-state index is 0.0408. The van der Waals surface area contributed by atoms with E-state index in [1.807, 2.05) is 97.6 Å². The van der Waals surface area contributed by atoms with Crippen LogP contribution in [0, 0.1) is 5.92 Å². The van der Waals surface area contributed by atoms with E-state index in [2.05, 4.69) is 17.3 Å². The number of halogens is 1. The van der Waals surface area contributed by atoms with Crippen LogP contribution in [0.4, 0.5) is 11.4 Å². The van der Waals surface area contributed by atoms with E-state index in [0.29, 0.717) is 65.6 Å². The van der Waals surface area contributed by atoms with E-state index >= 15 is 0 Å². The van der Waals surface area contributed by atoms with Gasteiger partial charge in [-0.05, 0) is 154 Å². The number of methoxy groups -OCH3 is 1. The van der Waals surface area contributed by atoms with Crippen molar-refractivity contribution >= 4 is 63.6 Å². The second-order valence-corrected chi connectivity index (χ2v) is 19.4. The number of unbranched alkanes of at least 4 members (excludes halogenated alkanes) is 1. The monoisotopic (exact) mass is 960 g/mol. The fraction of sp³-hybridized carbons (Fsp3) is 0.434. The van der Waals surface area contributed by atoms with E-state index in [-0.39, 0.29) is 67.8 Å². The average Bonchev–Trinajstić information content (AvgIpc) is 3.56. The van der Waals surface area contributed by atoms with E-state index in [9.17, 15) is 33.9 Å². The van der Waals surface area contributed by atoms with E-state index in [1.54, 1.807) is 19.1 Å². The molecule has 1 aromatic heterocycles. The van der Waals surface area contributed by atoms with Gasteiger partial charge in [-0.3, -0.25) is 38.4 Å². The van der Waals surface area contributed by atoms with Crippen LogP contribution in [0.1, 0.15) is 106 Å². The molecule has 4 aromatic carbocycles. The van der Waals surface area contributed by atoms with E-state index < -0.39 is 24.0 Å². The zero-order valence-electron chi connectivity index (χ0n) is 39.9. The topological polar surface area (TPSA) is 173 Å². The Bertz CT molecular complexity index is 2790. The number of hydrogen-bond donors (Lipinski definition) is 2. The molecular formula is C53H61ClN6O9. The highest BCUT2D eigenvalue weighted by Gasteiger charge is 2.37. The third kappa shape index (κ3) is 10.7. The van der Waals surface area contributed by atoms with Crippen LogP contribution in [0.5, 0.6) is 11.5 Å². The van der Waals surface area contributed by atoms with Gasteiger partial charge in [-0.1, -0.05) is 29.8 Å². The van der Waals surface area contributed by atoms with Gasteiger partial charge in [-0.15, -0.1) is 0 Å². The Hall–Kier alpha value is -6.61. The molecule has 15 nitrogen and oxygen atoms in total. The molecule has 69 heavy (non-hydrogen) atoms. The van der Waals surface area contributed by atoms with Gasteiger partial charge < -0.3 is 29.3 Å². The summed E-state index contributed by atoms with van der Waals surface area (Å²) in [6.45, 7) is 4.38. The van der Waals surface area contributed by atoms with Crippen LogP contribution in [0.25, 0.3) is 11.0 Å². The number of carboxylic acid groups (broad SMARTS) is 1. The standard InChI is InChI=1S/C53H61ClN6O9/c1-32(2)69-46-29-41-36(27-45(46)68-5)28-49(63)59(51(41)35-13-15-37(54)16-14-35)40-21-19-38(20-22-40)56(3)30-34-10-17-39(18-11-34)58(31-50(64)65)48(62)9-7-6-8-33-12-23-42-44(26-33)57(4)53(67)60(42)43-24-25-47(61)55-52(43)66/h12-16,19-23,26-27,29,32,34,39,43,51H,6-11,17-18,24-25,28,30-31H2,1-5H3,(H,64,65)(H,55,61,66)/t34?,39?,43?,51-/m0/s1. The predicted molar refractivity (Wildman–Crippen MR) is 264 cm³/mol. The summed E-state index contributed by atoms with van der Waals surface area (Å²) in [5, 5.41) is 12.8. The number of imide groups is 1. The number of imidazole rings is 1. The lowest BCUT2D eigenvalue weighted by Gasteiger charge is -2.39. The number of anilines is 2. The molecule has 1 unspecified atom stereocenters. The summed E-state index contributed by atoms with van der Waals surface area (Å²) < 4.78 is 14.8. The zero-order chi connectivity index (χ0) is 49.1. The van der Waals surface area contributed by atoms with Crippen molar-refractivity contribution in [1.82, 2.24) is 19.4 Å². The van der Waals surface area contributed by atoms with Gasteiger partial charge >= 0.3 is 11.7 Å². The number of amides is 4. The average molecular weight is 962 g/mol. The van der Waals surface area contributed by atoms with Crippen LogP contribution in [-0.2, 0) is 43.9 Å². The molecule has 2 aliphatic heterocycles. The molecular weight excluding hydrogens is 900 g/mol. The Balaban J connectivity index is 0.866. The number of aromatic nitrogens is 2.